The van der Waals surface area contributed by atoms with Crippen LogP contribution in [0, 0.1) is 11.3 Å². The molecule has 114 valence electrons. The van der Waals surface area contributed by atoms with E-state index in [1.165, 1.54) is 11.8 Å². The van der Waals surface area contributed by atoms with Crippen molar-refractivity contribution in [2.45, 2.75) is 36.4 Å². The van der Waals surface area contributed by atoms with Crippen LogP contribution < -0.4 is 5.32 Å². The predicted octanol–water partition coefficient (Wildman–Crippen LogP) is 3.53. The highest BCUT2D eigenvalue weighted by atomic mass is 35.5. The molecule has 1 saturated carbocycles. The van der Waals surface area contributed by atoms with Crippen LogP contribution in [-0.4, -0.2) is 22.2 Å². The van der Waals surface area contributed by atoms with Crippen molar-refractivity contribution < 1.29 is 9.21 Å². The number of thioether (sulfide) groups is 1. The molecule has 1 aliphatic carbocycles. The maximum Gasteiger partial charge on any atom is 0.257 e. The average molecular weight is 336 g/mol. The van der Waals surface area contributed by atoms with Crippen molar-refractivity contribution in [3.63, 3.8) is 0 Å². The van der Waals surface area contributed by atoms with Gasteiger partial charge in [0, 0.05) is 11.1 Å². The number of rotatable bonds is 4. The number of nitriles is 1. The van der Waals surface area contributed by atoms with Gasteiger partial charge in [0.1, 0.15) is 11.1 Å². The van der Waals surface area contributed by atoms with Crippen molar-refractivity contribution in [1.29, 1.82) is 5.26 Å². The van der Waals surface area contributed by atoms with Crippen LogP contribution >= 0.6 is 23.4 Å². The molecule has 3 rings (SSSR count). The molecular formula is C15H14ClN3O2S. The molecule has 5 nitrogen and oxygen atoms in total. The summed E-state index contributed by atoms with van der Waals surface area (Å²) in [4.78, 5) is 16.3. The predicted molar refractivity (Wildman–Crippen MR) is 84.7 cm³/mol. The van der Waals surface area contributed by atoms with Crippen LogP contribution in [-0.2, 0) is 4.79 Å². The topological polar surface area (TPSA) is 78.9 Å². The summed E-state index contributed by atoms with van der Waals surface area (Å²) in [5, 5.41) is 13.1. The second kappa shape index (κ2) is 6.19. The summed E-state index contributed by atoms with van der Waals surface area (Å²) in [7, 11) is 0. The fourth-order valence-electron chi connectivity index (χ4n) is 2.61. The Morgan fingerprint density at radius 3 is 3.00 bits per heavy atom. The first-order chi connectivity index (χ1) is 10.6. The maximum absolute atomic E-state index is 12.0. The van der Waals surface area contributed by atoms with E-state index in [9.17, 15) is 10.1 Å². The molecule has 1 aliphatic rings. The zero-order valence-electron chi connectivity index (χ0n) is 11.8. The van der Waals surface area contributed by atoms with E-state index >= 15 is 0 Å². The summed E-state index contributed by atoms with van der Waals surface area (Å²) >= 11 is 7.10. The van der Waals surface area contributed by atoms with E-state index in [2.05, 4.69) is 16.4 Å². The van der Waals surface area contributed by atoms with Gasteiger partial charge in [-0.3, -0.25) is 4.79 Å². The van der Waals surface area contributed by atoms with E-state index in [1.54, 1.807) is 18.2 Å². The number of benzene rings is 1. The van der Waals surface area contributed by atoms with E-state index in [4.69, 9.17) is 16.0 Å². The number of oxazole rings is 1. The first-order valence-corrected chi connectivity index (χ1v) is 8.38. The molecule has 0 aliphatic heterocycles. The zero-order chi connectivity index (χ0) is 15.6. The van der Waals surface area contributed by atoms with Crippen LogP contribution in [0.25, 0.3) is 11.1 Å². The number of aromatic nitrogens is 1. The number of carbonyl (C=O) groups excluding carboxylic acids is 1. The second-order valence-electron chi connectivity index (χ2n) is 5.33. The molecule has 7 heteroatoms. The minimum absolute atomic E-state index is 0.171. The Labute approximate surface area is 137 Å². The highest BCUT2D eigenvalue weighted by molar-refractivity contribution is 7.99. The third-order valence-electron chi connectivity index (χ3n) is 3.71. The van der Waals surface area contributed by atoms with Gasteiger partial charge in [0.2, 0.25) is 5.91 Å². The van der Waals surface area contributed by atoms with Crippen molar-refractivity contribution in [2.24, 2.45) is 0 Å². The smallest absolute Gasteiger partial charge is 0.257 e. The first kappa shape index (κ1) is 15.2. The minimum atomic E-state index is -0.688. The maximum atomic E-state index is 12.0. The standard InChI is InChI=1S/C15H14ClN3O2S/c16-10-3-4-11-12(7-10)21-14(18-11)22-8-13(20)19-15(9-17)5-1-2-6-15/h3-4,7H,1-2,5-6,8H2,(H,19,20). The molecular weight excluding hydrogens is 322 g/mol. The van der Waals surface area contributed by atoms with Gasteiger partial charge in [-0.15, -0.1) is 0 Å². The lowest BCUT2D eigenvalue weighted by Gasteiger charge is -2.21. The fourth-order valence-corrected chi connectivity index (χ4v) is 3.41. The Morgan fingerprint density at radius 1 is 1.50 bits per heavy atom. The van der Waals surface area contributed by atoms with E-state index in [-0.39, 0.29) is 11.7 Å². The average Bonchev–Trinajstić information content (AvgIpc) is 3.11. The van der Waals surface area contributed by atoms with Gasteiger partial charge in [0.15, 0.2) is 5.58 Å². The van der Waals surface area contributed by atoms with Gasteiger partial charge in [0.05, 0.1) is 11.8 Å². The van der Waals surface area contributed by atoms with Crippen molar-refractivity contribution in [3.8, 4) is 6.07 Å². The van der Waals surface area contributed by atoms with E-state index in [1.807, 2.05) is 0 Å². The van der Waals surface area contributed by atoms with Gasteiger partial charge in [0.25, 0.3) is 5.22 Å². The lowest BCUT2D eigenvalue weighted by molar-refractivity contribution is -0.119. The van der Waals surface area contributed by atoms with Crippen molar-refractivity contribution in [1.82, 2.24) is 10.3 Å². The molecule has 0 bridgehead atoms. The summed E-state index contributed by atoms with van der Waals surface area (Å²) in [6, 6.07) is 7.44. The summed E-state index contributed by atoms with van der Waals surface area (Å²) in [6.45, 7) is 0. The Bertz CT molecular complexity index is 747. The van der Waals surface area contributed by atoms with Gasteiger partial charge in [-0.1, -0.05) is 23.4 Å². The van der Waals surface area contributed by atoms with Crippen LogP contribution in [0.1, 0.15) is 25.7 Å². The lowest BCUT2D eigenvalue weighted by Crippen LogP contribution is -2.45. The molecule has 1 aromatic heterocycles. The molecule has 1 heterocycles. The van der Waals surface area contributed by atoms with Gasteiger partial charge < -0.3 is 9.73 Å². The monoisotopic (exact) mass is 335 g/mol. The van der Waals surface area contributed by atoms with Gasteiger partial charge >= 0.3 is 0 Å². The highest BCUT2D eigenvalue weighted by Gasteiger charge is 2.35. The van der Waals surface area contributed by atoms with E-state index < -0.39 is 5.54 Å². The second-order valence-corrected chi connectivity index (χ2v) is 6.69. The first-order valence-electron chi connectivity index (χ1n) is 7.01. The van der Waals surface area contributed by atoms with Gasteiger partial charge in [-0.25, -0.2) is 4.98 Å². The third-order valence-corrected chi connectivity index (χ3v) is 4.77. The summed E-state index contributed by atoms with van der Waals surface area (Å²) < 4.78 is 5.54. The lowest BCUT2D eigenvalue weighted by atomic mass is 10.0. The summed E-state index contributed by atoms with van der Waals surface area (Å²) in [6.07, 6.45) is 3.41. The van der Waals surface area contributed by atoms with Gasteiger partial charge in [-0.05, 0) is 37.8 Å². The molecule has 1 amide bonds. The molecule has 1 fully saturated rings. The van der Waals surface area contributed by atoms with Crippen molar-refractivity contribution >= 4 is 40.4 Å². The molecule has 0 atom stereocenters. The van der Waals surface area contributed by atoms with Crippen LogP contribution in [0.3, 0.4) is 0 Å². The Balaban J connectivity index is 1.61. The molecule has 1 N–H and O–H groups in total. The Hall–Kier alpha value is -1.71. The number of amides is 1. The van der Waals surface area contributed by atoms with Crippen LogP contribution in [0.4, 0.5) is 0 Å². The third kappa shape index (κ3) is 3.21. The number of fused-ring (bicyclic) bond motifs is 1. The molecule has 22 heavy (non-hydrogen) atoms. The fraction of sp³-hybridized carbons (Fsp3) is 0.400. The van der Waals surface area contributed by atoms with Gasteiger partial charge in [-0.2, -0.15) is 5.26 Å². The van der Waals surface area contributed by atoms with Crippen LogP contribution in [0.2, 0.25) is 5.02 Å². The highest BCUT2D eigenvalue weighted by Crippen LogP contribution is 2.29. The number of nitrogens with zero attached hydrogens (tertiary/aromatic N) is 2. The molecule has 1 aromatic carbocycles. The van der Waals surface area contributed by atoms with E-state index in [0.29, 0.717) is 21.3 Å². The van der Waals surface area contributed by atoms with Crippen LogP contribution in [0.15, 0.2) is 27.8 Å². The van der Waals surface area contributed by atoms with Crippen molar-refractivity contribution in [3.05, 3.63) is 23.2 Å². The summed E-state index contributed by atoms with van der Waals surface area (Å²) in [5.74, 6) is -0.00185. The van der Waals surface area contributed by atoms with E-state index in [0.717, 1.165) is 25.7 Å². The largest absolute Gasteiger partial charge is 0.431 e. The SMILES string of the molecule is N#CC1(NC(=O)CSc2nc3ccc(Cl)cc3o2)CCCC1. The summed E-state index contributed by atoms with van der Waals surface area (Å²) in [5.41, 5.74) is 0.614. The number of carbonyl (C=O) groups is 1. The quantitative estimate of drug-likeness (QED) is 0.865. The molecule has 0 saturated heterocycles. The molecule has 0 radical (unpaired) electrons. The normalized spacial score (nSPS) is 16.5. The number of halogens is 1. The minimum Gasteiger partial charge on any atom is -0.431 e. The number of hydrogen-bond donors (Lipinski definition) is 1. The molecule has 0 unspecified atom stereocenters. The van der Waals surface area contributed by atoms with Crippen molar-refractivity contribution in [2.75, 3.05) is 5.75 Å². The Morgan fingerprint density at radius 2 is 2.27 bits per heavy atom. The Kier molecular flexibility index (Phi) is 4.27. The zero-order valence-corrected chi connectivity index (χ0v) is 13.3. The van der Waals surface area contributed by atoms with Crippen LogP contribution in [0.5, 0.6) is 0 Å². The molecule has 0 spiro atoms. The molecule has 2 aromatic rings. The number of nitrogens with one attached hydrogen (secondary N) is 1. The number of hydrogen-bond acceptors (Lipinski definition) is 5.